The van der Waals surface area contributed by atoms with Crippen LogP contribution < -0.4 is 19.6 Å². The van der Waals surface area contributed by atoms with Gasteiger partial charge in [-0.15, -0.1) is 0 Å². The third-order valence-electron chi connectivity index (χ3n) is 6.74. The zero-order valence-electron chi connectivity index (χ0n) is 22.6. The number of benzene rings is 2. The smallest absolute Gasteiger partial charge is 0.338 e. The van der Waals surface area contributed by atoms with E-state index in [1.54, 1.807) is 70.4 Å². The highest BCUT2D eigenvalue weighted by Gasteiger charge is 2.33. The van der Waals surface area contributed by atoms with E-state index in [9.17, 15) is 19.5 Å². The lowest BCUT2D eigenvalue weighted by molar-refractivity contribution is -0.139. The van der Waals surface area contributed by atoms with Crippen molar-refractivity contribution in [2.45, 2.75) is 26.8 Å². The molecule has 4 aromatic rings. The second-order valence-corrected chi connectivity index (χ2v) is 11.0. The van der Waals surface area contributed by atoms with Crippen LogP contribution in [0.25, 0.3) is 17.4 Å². The van der Waals surface area contributed by atoms with Gasteiger partial charge < -0.3 is 19.0 Å². The maximum atomic E-state index is 13.9. The van der Waals surface area contributed by atoms with Gasteiger partial charge in [-0.25, -0.2) is 14.6 Å². The van der Waals surface area contributed by atoms with Gasteiger partial charge >= 0.3 is 11.9 Å². The van der Waals surface area contributed by atoms with Crippen LogP contribution in [0.15, 0.2) is 78.5 Å². The highest BCUT2D eigenvalue weighted by molar-refractivity contribution is 9.10. The fourth-order valence-electron chi connectivity index (χ4n) is 4.80. The maximum Gasteiger partial charge on any atom is 0.338 e. The van der Waals surface area contributed by atoms with E-state index >= 15 is 0 Å². The van der Waals surface area contributed by atoms with Crippen LogP contribution in [0.2, 0.25) is 0 Å². The van der Waals surface area contributed by atoms with Gasteiger partial charge in [0.2, 0.25) is 0 Å². The Morgan fingerprint density at radius 3 is 2.66 bits per heavy atom. The number of aromatic carboxylic acids is 1. The number of fused-ring (bicyclic) bond motifs is 1. The molecule has 0 radical (unpaired) electrons. The summed E-state index contributed by atoms with van der Waals surface area (Å²) in [6, 6.07) is 13.0. The van der Waals surface area contributed by atoms with Gasteiger partial charge in [0.1, 0.15) is 17.3 Å². The Labute approximate surface area is 246 Å². The summed E-state index contributed by atoms with van der Waals surface area (Å²) in [5.41, 5.74) is 2.48. The van der Waals surface area contributed by atoms with Crippen molar-refractivity contribution < 1.29 is 28.6 Å². The van der Waals surface area contributed by atoms with E-state index < -0.39 is 18.0 Å². The molecule has 2 aromatic carbocycles. The Hall–Kier alpha value is -4.22. The highest BCUT2D eigenvalue weighted by Crippen LogP contribution is 2.35. The van der Waals surface area contributed by atoms with Crippen LogP contribution in [0.1, 0.15) is 47.1 Å². The third-order valence-corrected chi connectivity index (χ3v) is 8.34. The zero-order chi connectivity index (χ0) is 29.4. The van der Waals surface area contributed by atoms with E-state index in [0.717, 1.165) is 0 Å². The Kier molecular flexibility index (Phi) is 7.83. The second-order valence-electron chi connectivity index (χ2n) is 9.18. The van der Waals surface area contributed by atoms with Crippen LogP contribution in [-0.2, 0) is 9.53 Å². The van der Waals surface area contributed by atoms with Crippen LogP contribution in [-0.4, -0.2) is 35.3 Å². The van der Waals surface area contributed by atoms with Gasteiger partial charge in [0.15, 0.2) is 4.80 Å². The SMILES string of the molecule is CCOC(=O)C1=C(C)N=c2s/c(=C\c3ccc(-c4cccc(C(=O)O)c4C)o3)c(=O)n2[C@@H]1c1ccc(OC)c(Br)c1. The van der Waals surface area contributed by atoms with Gasteiger partial charge in [0.05, 0.1) is 45.6 Å². The summed E-state index contributed by atoms with van der Waals surface area (Å²) in [5.74, 6) is -0.0680. The Balaban J connectivity index is 1.64. The average Bonchev–Trinajstić information content (AvgIpc) is 3.52. The highest BCUT2D eigenvalue weighted by atomic mass is 79.9. The number of carboxylic acids is 1. The number of ether oxygens (including phenoxy) is 2. The van der Waals surface area contributed by atoms with Crippen LogP contribution in [0, 0.1) is 6.92 Å². The summed E-state index contributed by atoms with van der Waals surface area (Å²) in [5, 5.41) is 9.47. The quantitative estimate of drug-likeness (QED) is 0.288. The number of nitrogens with zero attached hydrogens (tertiary/aromatic N) is 2. The van der Waals surface area contributed by atoms with E-state index in [2.05, 4.69) is 20.9 Å². The average molecular weight is 638 g/mol. The molecular weight excluding hydrogens is 612 g/mol. The van der Waals surface area contributed by atoms with E-state index in [4.69, 9.17) is 13.9 Å². The molecule has 41 heavy (non-hydrogen) atoms. The number of carboxylic acid groups (broad SMARTS) is 1. The number of carbonyl (C=O) groups excluding carboxylic acids is 1. The molecule has 0 saturated heterocycles. The Morgan fingerprint density at radius 2 is 1.98 bits per heavy atom. The van der Waals surface area contributed by atoms with Gasteiger partial charge in [-0.2, -0.15) is 0 Å². The third kappa shape index (κ3) is 5.18. The summed E-state index contributed by atoms with van der Waals surface area (Å²) in [7, 11) is 1.56. The zero-order valence-corrected chi connectivity index (χ0v) is 25.0. The van der Waals surface area contributed by atoms with E-state index in [1.807, 2.05) is 6.07 Å². The number of aromatic nitrogens is 1. The van der Waals surface area contributed by atoms with Crippen molar-refractivity contribution in [2.24, 2.45) is 4.99 Å². The summed E-state index contributed by atoms with van der Waals surface area (Å²) < 4.78 is 19.3. The minimum Gasteiger partial charge on any atom is -0.496 e. The van der Waals surface area contributed by atoms with Crippen LogP contribution in [0.3, 0.4) is 0 Å². The number of carbonyl (C=O) groups is 2. The van der Waals surface area contributed by atoms with Gasteiger partial charge in [0, 0.05) is 11.6 Å². The summed E-state index contributed by atoms with van der Waals surface area (Å²) >= 11 is 4.69. The Morgan fingerprint density at radius 1 is 1.20 bits per heavy atom. The first-order chi connectivity index (χ1) is 19.6. The number of furan rings is 1. The van der Waals surface area contributed by atoms with Crippen molar-refractivity contribution in [3.05, 3.63) is 106 Å². The van der Waals surface area contributed by atoms with Gasteiger partial charge in [-0.1, -0.05) is 29.5 Å². The molecule has 11 heteroatoms. The number of rotatable bonds is 7. The molecule has 1 atom stereocenters. The first-order valence-corrected chi connectivity index (χ1v) is 14.2. The maximum absolute atomic E-state index is 13.9. The molecule has 2 aromatic heterocycles. The molecule has 0 fully saturated rings. The molecule has 0 amide bonds. The lowest BCUT2D eigenvalue weighted by Gasteiger charge is -2.25. The first-order valence-electron chi connectivity index (χ1n) is 12.6. The van der Waals surface area contributed by atoms with Crippen molar-refractivity contribution in [1.82, 2.24) is 4.57 Å². The molecule has 0 unspecified atom stereocenters. The summed E-state index contributed by atoms with van der Waals surface area (Å²) in [6.07, 6.45) is 1.62. The lowest BCUT2D eigenvalue weighted by Crippen LogP contribution is -2.39. The fourth-order valence-corrected chi connectivity index (χ4v) is 6.38. The van der Waals surface area contributed by atoms with Crippen molar-refractivity contribution in [1.29, 1.82) is 0 Å². The van der Waals surface area contributed by atoms with E-state index in [-0.39, 0.29) is 23.3 Å². The molecular formula is C30H25BrN2O7S. The van der Waals surface area contributed by atoms with Crippen molar-refractivity contribution in [2.75, 3.05) is 13.7 Å². The van der Waals surface area contributed by atoms with Crippen LogP contribution >= 0.6 is 27.3 Å². The second kappa shape index (κ2) is 11.3. The fraction of sp³-hybridized carbons (Fsp3) is 0.200. The number of methoxy groups -OCH3 is 1. The predicted molar refractivity (Wildman–Crippen MR) is 157 cm³/mol. The number of hydrogen-bond acceptors (Lipinski definition) is 8. The molecule has 5 rings (SSSR count). The van der Waals surface area contributed by atoms with Crippen LogP contribution in [0.5, 0.6) is 5.75 Å². The summed E-state index contributed by atoms with van der Waals surface area (Å²) in [4.78, 5) is 43.6. The van der Waals surface area contributed by atoms with E-state index in [1.165, 1.54) is 22.0 Å². The molecule has 9 nitrogen and oxygen atoms in total. The van der Waals surface area contributed by atoms with Gasteiger partial charge in [0.25, 0.3) is 5.56 Å². The van der Waals surface area contributed by atoms with Crippen molar-refractivity contribution >= 4 is 45.3 Å². The molecule has 1 N–H and O–H groups in total. The normalized spacial score (nSPS) is 15.0. The van der Waals surface area contributed by atoms with Gasteiger partial charge in [-0.3, -0.25) is 9.36 Å². The molecule has 0 aliphatic carbocycles. The number of thiazole rings is 1. The molecule has 210 valence electrons. The van der Waals surface area contributed by atoms with Crippen molar-refractivity contribution in [3.63, 3.8) is 0 Å². The minimum atomic E-state index is -1.02. The molecule has 1 aliphatic rings. The standard InChI is InChI=1S/C30H25BrN2O7S/c1-5-39-29(37)25-16(3)32-30-33(26(25)17-9-11-23(38-4)21(31)13-17)27(34)24(41-30)14-18-10-12-22(40-18)19-7-6-8-20(15(19)2)28(35)36/h6-14,26H,5H2,1-4H3,(H,35,36)/b24-14-/t26-/m1/s1. The number of halogens is 1. The minimum absolute atomic E-state index is 0.175. The Bertz CT molecular complexity index is 1920. The van der Waals surface area contributed by atoms with Crippen LogP contribution in [0.4, 0.5) is 0 Å². The molecule has 1 aliphatic heterocycles. The first kappa shape index (κ1) is 28.3. The van der Waals surface area contributed by atoms with Crippen molar-refractivity contribution in [3.8, 4) is 17.1 Å². The predicted octanol–water partition coefficient (Wildman–Crippen LogP) is 4.84. The molecule has 0 spiro atoms. The number of hydrogen-bond donors (Lipinski definition) is 1. The number of allylic oxidation sites excluding steroid dienone is 1. The lowest BCUT2D eigenvalue weighted by atomic mass is 9.96. The summed E-state index contributed by atoms with van der Waals surface area (Å²) in [6.45, 7) is 5.34. The number of esters is 1. The molecule has 0 saturated carbocycles. The largest absolute Gasteiger partial charge is 0.496 e. The van der Waals surface area contributed by atoms with E-state index in [0.29, 0.717) is 53.5 Å². The molecule has 3 heterocycles. The molecule has 0 bridgehead atoms. The van der Waals surface area contributed by atoms with Gasteiger partial charge in [-0.05, 0) is 78.2 Å². The monoisotopic (exact) mass is 636 g/mol. The topological polar surface area (TPSA) is 120 Å².